The number of primary amides is 1. The number of nitrogens with two attached hydrogens (primary N) is 1. The van der Waals surface area contributed by atoms with Crippen LogP contribution in [-0.2, 0) is 0 Å². The van der Waals surface area contributed by atoms with Crippen LogP contribution in [0.15, 0.2) is 34.1 Å². The quantitative estimate of drug-likeness (QED) is 0.787. The number of benzene rings is 1. The van der Waals surface area contributed by atoms with Crippen LogP contribution >= 0.6 is 27.3 Å². The Balaban J connectivity index is 2.06. The van der Waals surface area contributed by atoms with Gasteiger partial charge in [-0.25, -0.2) is 4.79 Å². The van der Waals surface area contributed by atoms with Crippen LogP contribution in [0.1, 0.15) is 15.2 Å². The van der Waals surface area contributed by atoms with Gasteiger partial charge < -0.3 is 16.4 Å². The van der Waals surface area contributed by atoms with Gasteiger partial charge in [0.05, 0.1) is 8.66 Å². The van der Waals surface area contributed by atoms with Crippen molar-refractivity contribution < 1.29 is 9.59 Å². The molecule has 20 heavy (non-hydrogen) atoms. The maximum absolute atomic E-state index is 12.0. The highest BCUT2D eigenvalue weighted by molar-refractivity contribution is 9.11. The van der Waals surface area contributed by atoms with E-state index in [2.05, 4.69) is 26.6 Å². The molecule has 2 aromatic rings. The molecule has 0 aliphatic heterocycles. The van der Waals surface area contributed by atoms with Crippen LogP contribution in [0.2, 0.25) is 0 Å². The predicted molar refractivity (Wildman–Crippen MR) is 84.4 cm³/mol. The highest BCUT2D eigenvalue weighted by Crippen LogP contribution is 2.28. The lowest BCUT2D eigenvalue weighted by molar-refractivity contribution is 0.103. The highest BCUT2D eigenvalue weighted by Gasteiger charge is 2.11. The van der Waals surface area contributed by atoms with Crippen molar-refractivity contribution in [3.05, 3.63) is 44.6 Å². The Morgan fingerprint density at radius 3 is 2.15 bits per heavy atom. The molecule has 0 atom stereocenters. The van der Waals surface area contributed by atoms with Crippen LogP contribution in [0.4, 0.5) is 16.2 Å². The van der Waals surface area contributed by atoms with Gasteiger partial charge in [0.25, 0.3) is 5.91 Å². The van der Waals surface area contributed by atoms with Crippen molar-refractivity contribution in [1.82, 2.24) is 0 Å². The average molecular weight is 354 g/mol. The monoisotopic (exact) mass is 353 g/mol. The number of hydrogen-bond donors (Lipinski definition) is 3. The first kappa shape index (κ1) is 14.5. The Kier molecular flexibility index (Phi) is 4.41. The molecule has 0 fully saturated rings. The molecule has 3 amide bonds. The molecule has 0 aliphatic rings. The van der Waals surface area contributed by atoms with Gasteiger partial charge in [0.1, 0.15) is 0 Å². The minimum Gasteiger partial charge on any atom is -0.351 e. The Bertz CT molecular complexity index is 633. The van der Waals surface area contributed by atoms with Gasteiger partial charge >= 0.3 is 6.03 Å². The van der Waals surface area contributed by atoms with Gasteiger partial charge in [-0.15, -0.1) is 11.3 Å². The number of anilines is 2. The molecule has 0 saturated heterocycles. The number of urea groups is 1. The van der Waals surface area contributed by atoms with Crippen molar-refractivity contribution in [3.8, 4) is 0 Å². The van der Waals surface area contributed by atoms with Crippen molar-refractivity contribution >= 4 is 50.6 Å². The fraction of sp³-hybridized carbons (Fsp3) is 0.0769. The van der Waals surface area contributed by atoms with Crippen LogP contribution < -0.4 is 16.4 Å². The zero-order chi connectivity index (χ0) is 14.7. The zero-order valence-corrected chi connectivity index (χ0v) is 13.0. The van der Waals surface area contributed by atoms with Crippen LogP contribution in [0.25, 0.3) is 0 Å². The zero-order valence-electron chi connectivity index (χ0n) is 10.6. The van der Waals surface area contributed by atoms with E-state index < -0.39 is 6.03 Å². The van der Waals surface area contributed by atoms with Gasteiger partial charge in [-0.2, -0.15) is 0 Å². The van der Waals surface area contributed by atoms with Crippen molar-refractivity contribution in [1.29, 1.82) is 0 Å². The molecule has 5 nitrogen and oxygen atoms in total. The van der Waals surface area contributed by atoms with E-state index >= 15 is 0 Å². The third kappa shape index (κ3) is 3.58. The Hall–Kier alpha value is -1.86. The minimum absolute atomic E-state index is 0.167. The molecule has 1 heterocycles. The molecule has 7 heteroatoms. The summed E-state index contributed by atoms with van der Waals surface area (Å²) in [6.07, 6.45) is 0. The minimum atomic E-state index is -0.624. The maximum Gasteiger partial charge on any atom is 0.316 e. The van der Waals surface area contributed by atoms with Crippen molar-refractivity contribution in [2.75, 3.05) is 10.6 Å². The third-order valence-electron chi connectivity index (χ3n) is 2.49. The fourth-order valence-corrected chi connectivity index (χ4v) is 2.97. The molecule has 104 valence electrons. The predicted octanol–water partition coefficient (Wildman–Crippen LogP) is 3.56. The summed E-state index contributed by atoms with van der Waals surface area (Å²) in [7, 11) is 0. The highest BCUT2D eigenvalue weighted by atomic mass is 79.9. The number of halogens is 1. The normalized spacial score (nSPS) is 10.1. The van der Waals surface area contributed by atoms with Crippen molar-refractivity contribution in [3.63, 3.8) is 0 Å². The van der Waals surface area contributed by atoms with Gasteiger partial charge in [0.2, 0.25) is 0 Å². The molecule has 4 N–H and O–H groups in total. The summed E-state index contributed by atoms with van der Waals surface area (Å²) in [6, 6.07) is 7.91. The lowest BCUT2D eigenvalue weighted by atomic mass is 10.2. The molecule has 0 saturated carbocycles. The smallest absolute Gasteiger partial charge is 0.316 e. The number of carbonyl (C=O) groups is 2. The molecule has 0 radical (unpaired) electrons. The van der Waals surface area contributed by atoms with Crippen LogP contribution in [0.3, 0.4) is 0 Å². The number of nitrogens with one attached hydrogen (secondary N) is 2. The largest absolute Gasteiger partial charge is 0.351 e. The first-order chi connectivity index (χ1) is 9.45. The first-order valence-corrected chi connectivity index (χ1v) is 7.30. The van der Waals surface area contributed by atoms with E-state index in [0.29, 0.717) is 16.3 Å². The van der Waals surface area contributed by atoms with Crippen molar-refractivity contribution in [2.45, 2.75) is 6.92 Å². The van der Waals surface area contributed by atoms with E-state index in [1.807, 2.05) is 13.0 Å². The van der Waals surface area contributed by atoms with Gasteiger partial charge in [0, 0.05) is 11.4 Å². The molecule has 0 unspecified atom stereocenters. The number of aryl methyl sites for hydroxylation is 1. The summed E-state index contributed by atoms with van der Waals surface area (Å²) >= 11 is 4.77. The Labute approximate surface area is 128 Å². The number of carbonyl (C=O) groups excluding carboxylic acids is 2. The summed E-state index contributed by atoms with van der Waals surface area (Å²) in [4.78, 5) is 23.4. The summed E-state index contributed by atoms with van der Waals surface area (Å²) in [6.45, 7) is 1.93. The van der Waals surface area contributed by atoms with Gasteiger partial charge in [-0.1, -0.05) is 0 Å². The molecule has 1 aromatic heterocycles. The Morgan fingerprint density at radius 1 is 1.15 bits per heavy atom. The number of rotatable bonds is 3. The second-order valence-corrected chi connectivity index (χ2v) is 6.46. The van der Waals surface area contributed by atoms with Crippen LogP contribution in [0.5, 0.6) is 0 Å². The molecule has 0 spiro atoms. The van der Waals surface area contributed by atoms with E-state index in [4.69, 9.17) is 5.73 Å². The Morgan fingerprint density at radius 2 is 1.70 bits per heavy atom. The summed E-state index contributed by atoms with van der Waals surface area (Å²) < 4.78 is 0.948. The van der Waals surface area contributed by atoms with E-state index in [0.717, 1.165) is 9.35 Å². The first-order valence-electron chi connectivity index (χ1n) is 5.69. The maximum atomic E-state index is 12.0. The standard InChI is InChI=1S/C13H12BrN3O2S/c1-7-6-10(20-11(7)14)12(18)16-8-2-4-9(5-3-8)17-13(15)19/h2-6H,1H3,(H,16,18)(H3,15,17,19). The molecule has 2 rings (SSSR count). The molecular formula is C13H12BrN3O2S. The SMILES string of the molecule is Cc1cc(C(=O)Nc2ccc(NC(N)=O)cc2)sc1Br. The van der Waals surface area contributed by atoms with Gasteiger partial charge in [-0.05, 0) is 58.7 Å². The third-order valence-corrected chi connectivity index (χ3v) is 4.63. The molecule has 0 bridgehead atoms. The fourth-order valence-electron chi connectivity index (χ4n) is 1.54. The van der Waals surface area contributed by atoms with E-state index in [-0.39, 0.29) is 5.91 Å². The summed E-state index contributed by atoms with van der Waals surface area (Å²) in [5.74, 6) is -0.167. The van der Waals surface area contributed by atoms with E-state index in [1.165, 1.54) is 11.3 Å². The number of thiophene rings is 1. The molecule has 1 aromatic carbocycles. The van der Waals surface area contributed by atoms with E-state index in [9.17, 15) is 9.59 Å². The van der Waals surface area contributed by atoms with E-state index in [1.54, 1.807) is 24.3 Å². The topological polar surface area (TPSA) is 84.2 Å². The number of amides is 3. The lowest BCUT2D eigenvalue weighted by Crippen LogP contribution is -2.19. The van der Waals surface area contributed by atoms with Gasteiger partial charge in [-0.3, -0.25) is 4.79 Å². The molecule has 0 aliphatic carbocycles. The lowest BCUT2D eigenvalue weighted by Gasteiger charge is -2.05. The summed E-state index contributed by atoms with van der Waals surface area (Å²) in [5, 5.41) is 5.24. The van der Waals surface area contributed by atoms with Crippen LogP contribution in [0, 0.1) is 6.92 Å². The van der Waals surface area contributed by atoms with Gasteiger partial charge in [0.15, 0.2) is 0 Å². The molecular weight excluding hydrogens is 342 g/mol. The number of hydrogen-bond acceptors (Lipinski definition) is 3. The van der Waals surface area contributed by atoms with Crippen LogP contribution in [-0.4, -0.2) is 11.9 Å². The summed E-state index contributed by atoms with van der Waals surface area (Å²) in [5.41, 5.74) is 7.26. The average Bonchev–Trinajstić information content (AvgIpc) is 2.71. The second-order valence-electron chi connectivity index (χ2n) is 4.09. The second kappa shape index (κ2) is 6.06. The van der Waals surface area contributed by atoms with Crippen molar-refractivity contribution in [2.24, 2.45) is 5.73 Å².